The van der Waals surface area contributed by atoms with E-state index in [1.54, 1.807) is 97.8 Å². The van der Waals surface area contributed by atoms with Crippen molar-refractivity contribution in [1.82, 2.24) is 14.7 Å². The minimum Gasteiger partial charge on any atom is -0.480 e. The van der Waals surface area contributed by atoms with Crippen LogP contribution in [0.3, 0.4) is 0 Å². The Kier molecular flexibility index (Phi) is 17.6. The van der Waals surface area contributed by atoms with Crippen LogP contribution in [-0.4, -0.2) is 130 Å². The standard InChI is InChI=1S/C34H63N3O10/c1-15-24(2)29(30(42)43)37(18-16-35(20-25(38)44-31(3,4)5)21-26(39)45-32(6,7)8)19-17-36(22-27(40)46-33(9,10)11)23-28(41)47-34(12,13)14/h24,29H,15-23H2,1-14H3,(H,42,43). The summed E-state index contributed by atoms with van der Waals surface area (Å²) in [6, 6.07) is -0.921. The van der Waals surface area contributed by atoms with Crippen LogP contribution in [-0.2, 0) is 42.9 Å². The summed E-state index contributed by atoms with van der Waals surface area (Å²) in [6.45, 7) is 24.4. The first-order valence-electron chi connectivity index (χ1n) is 16.4. The van der Waals surface area contributed by atoms with Crippen LogP contribution in [0.25, 0.3) is 0 Å². The van der Waals surface area contributed by atoms with Crippen LogP contribution in [0.15, 0.2) is 0 Å². The molecule has 0 aliphatic heterocycles. The number of carboxylic acid groups (broad SMARTS) is 1. The van der Waals surface area contributed by atoms with E-state index in [1.807, 2.05) is 13.8 Å². The van der Waals surface area contributed by atoms with Crippen molar-refractivity contribution in [3.05, 3.63) is 0 Å². The molecule has 0 fully saturated rings. The highest BCUT2D eigenvalue weighted by molar-refractivity contribution is 5.76. The van der Waals surface area contributed by atoms with E-state index < -0.39 is 58.3 Å². The number of esters is 4. The molecule has 0 bridgehead atoms. The van der Waals surface area contributed by atoms with Gasteiger partial charge < -0.3 is 24.1 Å². The lowest BCUT2D eigenvalue weighted by atomic mass is 9.97. The Morgan fingerprint density at radius 2 is 0.787 bits per heavy atom. The average Bonchev–Trinajstić information content (AvgIpc) is 2.79. The summed E-state index contributed by atoms with van der Waals surface area (Å²) in [5, 5.41) is 10.3. The van der Waals surface area contributed by atoms with Crippen molar-refractivity contribution in [3.8, 4) is 0 Å². The van der Waals surface area contributed by atoms with Gasteiger partial charge in [-0.3, -0.25) is 38.7 Å². The second-order valence-electron chi connectivity index (χ2n) is 16.0. The van der Waals surface area contributed by atoms with E-state index >= 15 is 0 Å². The topological polar surface area (TPSA) is 152 Å². The van der Waals surface area contributed by atoms with Crippen LogP contribution in [0.4, 0.5) is 0 Å². The Labute approximate surface area is 282 Å². The molecule has 0 aliphatic carbocycles. The fraction of sp³-hybridized carbons (Fsp3) is 0.853. The van der Waals surface area contributed by atoms with Crippen LogP contribution in [0, 0.1) is 5.92 Å². The average molecular weight is 674 g/mol. The molecule has 0 aromatic rings. The number of ether oxygens (including phenoxy) is 4. The number of nitrogens with zero attached hydrogens (tertiary/aromatic N) is 3. The van der Waals surface area contributed by atoms with Crippen LogP contribution < -0.4 is 0 Å². The third-order valence-electron chi connectivity index (χ3n) is 6.33. The van der Waals surface area contributed by atoms with Gasteiger partial charge in [0.2, 0.25) is 0 Å². The summed E-state index contributed by atoms with van der Waals surface area (Å²) >= 11 is 0. The summed E-state index contributed by atoms with van der Waals surface area (Å²) in [4.78, 5) is 68.6. The van der Waals surface area contributed by atoms with Crippen molar-refractivity contribution in [2.24, 2.45) is 5.92 Å². The second-order valence-corrected chi connectivity index (χ2v) is 16.0. The molecule has 0 saturated heterocycles. The number of hydrogen-bond acceptors (Lipinski definition) is 12. The van der Waals surface area contributed by atoms with Gasteiger partial charge in [-0.05, 0) is 89.0 Å². The summed E-state index contributed by atoms with van der Waals surface area (Å²) in [5.74, 6) is -3.44. The van der Waals surface area contributed by atoms with Crippen LogP contribution in [0.5, 0.6) is 0 Å². The third kappa shape index (κ3) is 22.4. The molecule has 0 heterocycles. The number of aliphatic carboxylic acids is 1. The number of carbonyl (C=O) groups is 5. The molecule has 0 rings (SSSR count). The molecule has 0 amide bonds. The van der Waals surface area contributed by atoms with Gasteiger partial charge in [0.1, 0.15) is 28.4 Å². The molecule has 1 N–H and O–H groups in total. The molecule has 0 saturated carbocycles. The summed E-state index contributed by atoms with van der Waals surface area (Å²) < 4.78 is 21.9. The van der Waals surface area contributed by atoms with Gasteiger partial charge in [0.15, 0.2) is 0 Å². The zero-order chi connectivity index (χ0) is 37.0. The van der Waals surface area contributed by atoms with Gasteiger partial charge in [0.25, 0.3) is 0 Å². The minimum absolute atomic E-state index is 0.136. The first kappa shape index (κ1) is 44.2. The van der Waals surface area contributed by atoms with Crippen molar-refractivity contribution in [2.45, 2.75) is 132 Å². The van der Waals surface area contributed by atoms with Crippen molar-refractivity contribution < 1.29 is 48.0 Å². The first-order valence-corrected chi connectivity index (χ1v) is 16.4. The lowest BCUT2D eigenvalue weighted by Crippen LogP contribution is -2.52. The Morgan fingerprint density at radius 3 is 0.979 bits per heavy atom. The molecular formula is C34H63N3O10. The van der Waals surface area contributed by atoms with E-state index in [9.17, 15) is 29.1 Å². The molecular weight excluding hydrogens is 610 g/mol. The highest BCUT2D eigenvalue weighted by Crippen LogP contribution is 2.17. The Hall–Kier alpha value is -2.77. The van der Waals surface area contributed by atoms with E-state index in [0.717, 1.165) is 0 Å². The molecule has 0 aliphatic rings. The van der Waals surface area contributed by atoms with E-state index in [2.05, 4.69) is 0 Å². The van der Waals surface area contributed by atoms with Crippen molar-refractivity contribution in [2.75, 3.05) is 52.4 Å². The number of carboxylic acids is 1. The Bertz CT molecular complexity index is 907. The molecule has 13 heteroatoms. The molecule has 2 atom stereocenters. The summed E-state index contributed by atoms with van der Waals surface area (Å²) in [5.41, 5.74) is -2.95. The zero-order valence-corrected chi connectivity index (χ0v) is 31.5. The third-order valence-corrected chi connectivity index (χ3v) is 6.33. The summed E-state index contributed by atoms with van der Waals surface area (Å²) in [7, 11) is 0. The quantitative estimate of drug-likeness (QED) is 0.166. The van der Waals surface area contributed by atoms with E-state index in [1.165, 1.54) is 0 Å². The fourth-order valence-electron chi connectivity index (χ4n) is 4.57. The molecule has 0 spiro atoms. The van der Waals surface area contributed by atoms with Gasteiger partial charge in [-0.1, -0.05) is 20.3 Å². The Balaban J connectivity index is 6.29. The van der Waals surface area contributed by atoms with Crippen LogP contribution >= 0.6 is 0 Å². The van der Waals surface area contributed by atoms with E-state index in [0.29, 0.717) is 6.42 Å². The van der Waals surface area contributed by atoms with Gasteiger partial charge in [-0.2, -0.15) is 0 Å². The zero-order valence-electron chi connectivity index (χ0n) is 31.5. The summed E-state index contributed by atoms with van der Waals surface area (Å²) in [6.07, 6.45) is 0.576. The number of carbonyl (C=O) groups excluding carboxylic acids is 4. The van der Waals surface area contributed by atoms with E-state index in [4.69, 9.17) is 18.9 Å². The molecule has 274 valence electrons. The SMILES string of the molecule is CCC(C)C(C(=O)O)N(CCN(CC(=O)OC(C)(C)C)CC(=O)OC(C)(C)C)CCN(CC(=O)OC(C)(C)C)CC(=O)OC(C)(C)C. The maximum atomic E-state index is 12.8. The monoisotopic (exact) mass is 673 g/mol. The molecule has 47 heavy (non-hydrogen) atoms. The maximum Gasteiger partial charge on any atom is 0.321 e. The smallest absolute Gasteiger partial charge is 0.321 e. The molecule has 0 radical (unpaired) electrons. The lowest BCUT2D eigenvalue weighted by Gasteiger charge is -2.35. The first-order chi connectivity index (χ1) is 21.1. The normalized spacial score (nSPS) is 14.1. The maximum absolute atomic E-state index is 12.8. The van der Waals surface area contributed by atoms with Crippen LogP contribution in [0.1, 0.15) is 103 Å². The largest absolute Gasteiger partial charge is 0.480 e. The van der Waals surface area contributed by atoms with Gasteiger partial charge in [-0.15, -0.1) is 0 Å². The molecule has 13 nitrogen and oxygen atoms in total. The van der Waals surface area contributed by atoms with E-state index in [-0.39, 0.29) is 58.3 Å². The number of rotatable bonds is 18. The second kappa shape index (κ2) is 18.7. The lowest BCUT2D eigenvalue weighted by molar-refractivity contribution is -0.162. The molecule has 2 unspecified atom stereocenters. The Morgan fingerprint density at radius 1 is 0.532 bits per heavy atom. The highest BCUT2D eigenvalue weighted by atomic mass is 16.6. The van der Waals surface area contributed by atoms with Gasteiger partial charge in [0.05, 0.1) is 26.2 Å². The van der Waals surface area contributed by atoms with Gasteiger partial charge in [-0.25, -0.2) is 0 Å². The van der Waals surface area contributed by atoms with Crippen LogP contribution in [0.2, 0.25) is 0 Å². The van der Waals surface area contributed by atoms with Crippen molar-refractivity contribution >= 4 is 29.8 Å². The van der Waals surface area contributed by atoms with Crippen molar-refractivity contribution in [3.63, 3.8) is 0 Å². The minimum atomic E-state index is -1.03. The predicted octanol–water partition coefficient (Wildman–Crippen LogP) is 3.76. The van der Waals surface area contributed by atoms with Gasteiger partial charge >= 0.3 is 29.8 Å². The van der Waals surface area contributed by atoms with Crippen molar-refractivity contribution in [1.29, 1.82) is 0 Å². The number of hydrogen-bond donors (Lipinski definition) is 1. The molecule has 0 aromatic heterocycles. The van der Waals surface area contributed by atoms with Gasteiger partial charge in [0, 0.05) is 26.2 Å². The fourth-order valence-corrected chi connectivity index (χ4v) is 4.57. The predicted molar refractivity (Wildman–Crippen MR) is 179 cm³/mol. The highest BCUT2D eigenvalue weighted by Gasteiger charge is 2.32. The molecule has 0 aromatic carbocycles.